The fraction of sp³-hybridized carbons (Fsp3) is 0.320. The number of halogens is 1. The quantitative estimate of drug-likeness (QED) is 0.323. The minimum Gasteiger partial charge on any atom is -0.454 e. The summed E-state index contributed by atoms with van der Waals surface area (Å²) in [5, 5.41) is 0.625. The van der Waals surface area contributed by atoms with Crippen molar-refractivity contribution < 1.29 is 9.47 Å². The molecule has 4 aliphatic rings. The molecule has 1 saturated carbocycles. The molecule has 0 bridgehead atoms. The van der Waals surface area contributed by atoms with Crippen LogP contribution in [0, 0.1) is 5.92 Å². The molecular formula is C25H24BrN5O2S. The molecule has 0 spiro atoms. The number of nitrogen functional groups attached to an aromatic ring is 1. The van der Waals surface area contributed by atoms with Gasteiger partial charge in [0.2, 0.25) is 6.79 Å². The third-order valence-corrected chi connectivity index (χ3v) is 8.53. The molecule has 1 atom stereocenters. The lowest BCUT2D eigenvalue weighted by Crippen LogP contribution is -2.19. The summed E-state index contributed by atoms with van der Waals surface area (Å²) in [7, 11) is 0. The van der Waals surface area contributed by atoms with E-state index in [1.54, 1.807) is 0 Å². The number of fused-ring (bicyclic) bond motifs is 2. The Kier molecular flexibility index (Phi) is 5.82. The molecule has 3 heterocycles. The van der Waals surface area contributed by atoms with Gasteiger partial charge in [0.1, 0.15) is 0 Å². The number of hydrogen-bond acceptors (Lipinski definition) is 7. The van der Waals surface area contributed by atoms with Crippen LogP contribution in [0.4, 0.5) is 5.82 Å². The fourth-order valence-electron chi connectivity index (χ4n) is 4.99. The van der Waals surface area contributed by atoms with Gasteiger partial charge in [0, 0.05) is 21.8 Å². The molecule has 7 nitrogen and oxygen atoms in total. The van der Waals surface area contributed by atoms with E-state index in [9.17, 15) is 0 Å². The monoisotopic (exact) mass is 537 g/mol. The third kappa shape index (κ3) is 4.11. The summed E-state index contributed by atoms with van der Waals surface area (Å²) < 4.78 is 14.0. The Hall–Kier alpha value is -2.78. The molecule has 174 valence electrons. The van der Waals surface area contributed by atoms with E-state index in [1.165, 1.54) is 43.0 Å². The number of benzene rings is 2. The third-order valence-electron chi connectivity index (χ3n) is 6.69. The number of ether oxygens (including phenoxy) is 2. The predicted molar refractivity (Wildman–Crippen MR) is 134 cm³/mol. The highest BCUT2D eigenvalue weighted by atomic mass is 79.9. The first-order valence-electron chi connectivity index (χ1n) is 11.5. The predicted octanol–water partition coefficient (Wildman–Crippen LogP) is 5.98. The summed E-state index contributed by atoms with van der Waals surface area (Å²) in [6, 6.07) is 14.7. The average molecular weight is 538 g/mol. The van der Waals surface area contributed by atoms with Crippen LogP contribution in [0.1, 0.15) is 37.2 Å². The summed E-state index contributed by atoms with van der Waals surface area (Å²) in [5.74, 6) is 3.68. The Labute approximate surface area is 210 Å². The molecule has 1 unspecified atom stereocenters. The van der Waals surface area contributed by atoms with Gasteiger partial charge in [-0.1, -0.05) is 43.2 Å². The fourth-order valence-corrected chi connectivity index (χ4v) is 6.34. The molecular weight excluding hydrogens is 514 g/mol. The molecule has 3 aliphatic heterocycles. The molecule has 2 aromatic carbocycles. The molecule has 2 N–H and O–H groups in total. The van der Waals surface area contributed by atoms with Crippen LogP contribution in [-0.2, 0) is 6.54 Å². The van der Waals surface area contributed by atoms with Crippen LogP contribution in [0.2, 0.25) is 0 Å². The minimum absolute atomic E-state index is 0.235. The van der Waals surface area contributed by atoms with Gasteiger partial charge in [-0.15, -0.1) is 0 Å². The molecule has 0 aromatic heterocycles. The zero-order valence-electron chi connectivity index (χ0n) is 18.5. The summed E-state index contributed by atoms with van der Waals surface area (Å²) in [4.78, 5) is 15.0. The standard InChI is InChI=1S/C25H24BrN5O2S/c26-18-10-19-20(33-14-32-19)11-21(18)34-25-29-22-23(27)28-13-31(24(22)30-25)12-17(16-8-4-5-9-16)15-6-2-1-3-7-15/h1-3,6-7,10-11,13,16-17H,4-5,8-9,12,14,27H2. The maximum atomic E-state index is 6.22. The van der Waals surface area contributed by atoms with E-state index in [4.69, 9.17) is 25.2 Å². The Balaban J connectivity index is 1.34. The van der Waals surface area contributed by atoms with Crippen molar-refractivity contribution in [1.29, 1.82) is 0 Å². The molecule has 1 fully saturated rings. The van der Waals surface area contributed by atoms with E-state index >= 15 is 0 Å². The SMILES string of the molecule is Nc1ncn(CC(c2ccccc2)C2CCCC2)c2nc(Sc3cc4c(cc3Br)OCO4)nc1-2. The zero-order valence-corrected chi connectivity index (χ0v) is 20.9. The highest BCUT2D eigenvalue weighted by Crippen LogP contribution is 2.44. The summed E-state index contributed by atoms with van der Waals surface area (Å²) in [6.07, 6.45) is 6.93. The normalized spacial score (nSPS) is 16.4. The molecule has 6 rings (SSSR count). The van der Waals surface area contributed by atoms with Crippen molar-refractivity contribution in [3.05, 3.63) is 58.8 Å². The highest BCUT2D eigenvalue weighted by Gasteiger charge is 2.29. The first-order chi connectivity index (χ1) is 16.7. The Morgan fingerprint density at radius 1 is 1.09 bits per heavy atom. The van der Waals surface area contributed by atoms with Crippen molar-refractivity contribution in [1.82, 2.24) is 19.5 Å². The van der Waals surface area contributed by atoms with Crippen LogP contribution in [0.5, 0.6) is 11.5 Å². The first kappa shape index (κ1) is 21.7. The van der Waals surface area contributed by atoms with Crippen LogP contribution in [-0.4, -0.2) is 26.3 Å². The van der Waals surface area contributed by atoms with Crippen molar-refractivity contribution in [3.8, 4) is 23.0 Å². The lowest BCUT2D eigenvalue weighted by Gasteiger charge is -2.26. The number of imidazole rings is 1. The second-order valence-corrected chi connectivity index (χ2v) is 10.6. The molecule has 0 saturated heterocycles. The number of hydrogen-bond donors (Lipinski definition) is 1. The molecule has 1 aliphatic carbocycles. The van der Waals surface area contributed by atoms with E-state index in [0.29, 0.717) is 28.5 Å². The van der Waals surface area contributed by atoms with E-state index < -0.39 is 0 Å². The Bertz CT molecular complexity index is 1290. The summed E-state index contributed by atoms with van der Waals surface area (Å²) in [6.45, 7) is 1.04. The Morgan fingerprint density at radius 3 is 2.65 bits per heavy atom. The van der Waals surface area contributed by atoms with Crippen molar-refractivity contribution in [2.45, 2.75) is 48.2 Å². The smallest absolute Gasteiger partial charge is 0.231 e. The number of nitrogens with two attached hydrogens (primary N) is 1. The van der Waals surface area contributed by atoms with Crippen molar-refractivity contribution in [3.63, 3.8) is 0 Å². The van der Waals surface area contributed by atoms with Crippen LogP contribution in [0.3, 0.4) is 0 Å². The number of rotatable bonds is 6. The van der Waals surface area contributed by atoms with Gasteiger partial charge in [0.05, 0.1) is 6.33 Å². The van der Waals surface area contributed by atoms with E-state index in [0.717, 1.165) is 33.2 Å². The number of nitrogens with zero attached hydrogens (tertiary/aromatic N) is 4. The van der Waals surface area contributed by atoms with Crippen LogP contribution in [0.15, 0.2) is 63.3 Å². The lowest BCUT2D eigenvalue weighted by molar-refractivity contribution is 0.174. The summed E-state index contributed by atoms with van der Waals surface area (Å²) >= 11 is 5.08. The van der Waals surface area contributed by atoms with Gasteiger partial charge >= 0.3 is 0 Å². The largest absolute Gasteiger partial charge is 0.454 e. The van der Waals surface area contributed by atoms with Gasteiger partial charge in [-0.25, -0.2) is 15.0 Å². The first-order valence-corrected chi connectivity index (χ1v) is 13.1. The molecule has 2 aromatic rings. The maximum Gasteiger partial charge on any atom is 0.231 e. The highest BCUT2D eigenvalue weighted by molar-refractivity contribution is 9.10. The van der Waals surface area contributed by atoms with Gasteiger partial charge in [-0.05, 0) is 64.1 Å². The average Bonchev–Trinajstić information content (AvgIpc) is 3.61. The second kappa shape index (κ2) is 9.11. The molecule has 9 heteroatoms. The molecule has 0 radical (unpaired) electrons. The van der Waals surface area contributed by atoms with Gasteiger partial charge < -0.3 is 19.8 Å². The Morgan fingerprint density at radius 2 is 1.85 bits per heavy atom. The van der Waals surface area contributed by atoms with Crippen LogP contribution < -0.4 is 15.2 Å². The van der Waals surface area contributed by atoms with Crippen molar-refractivity contribution in [2.24, 2.45) is 5.92 Å². The van der Waals surface area contributed by atoms with Gasteiger partial charge in [-0.3, -0.25) is 0 Å². The van der Waals surface area contributed by atoms with Gasteiger partial charge in [-0.2, -0.15) is 0 Å². The van der Waals surface area contributed by atoms with Gasteiger partial charge in [0.15, 0.2) is 34.0 Å². The van der Waals surface area contributed by atoms with E-state index in [1.807, 2.05) is 18.5 Å². The minimum atomic E-state index is 0.235. The second-order valence-electron chi connectivity index (χ2n) is 8.76. The topological polar surface area (TPSA) is 88.1 Å². The van der Waals surface area contributed by atoms with Crippen LogP contribution >= 0.6 is 27.7 Å². The van der Waals surface area contributed by atoms with E-state index in [2.05, 4.69) is 55.8 Å². The molecule has 34 heavy (non-hydrogen) atoms. The maximum absolute atomic E-state index is 6.22. The summed E-state index contributed by atoms with van der Waals surface area (Å²) in [5.41, 5.74) is 8.22. The lowest BCUT2D eigenvalue weighted by atomic mass is 9.84. The van der Waals surface area contributed by atoms with E-state index in [-0.39, 0.29) is 6.79 Å². The van der Waals surface area contributed by atoms with Crippen molar-refractivity contribution in [2.75, 3.05) is 12.5 Å². The van der Waals surface area contributed by atoms with Gasteiger partial charge in [0.25, 0.3) is 0 Å². The van der Waals surface area contributed by atoms with Crippen LogP contribution in [0.25, 0.3) is 11.5 Å². The van der Waals surface area contributed by atoms with Crippen molar-refractivity contribution >= 4 is 33.5 Å². The molecule has 0 amide bonds. The zero-order chi connectivity index (χ0) is 23.1. The number of anilines is 1. The number of aromatic nitrogens is 4.